The first-order chi connectivity index (χ1) is 6.56. The van der Waals surface area contributed by atoms with E-state index in [1.165, 1.54) is 0 Å². The number of likely N-dealkylation sites (N-methyl/N-ethyl adjacent to an activating group) is 1. The number of nitrogens with zero attached hydrogens (tertiary/aromatic N) is 1. The molecule has 3 N–H and O–H groups in total. The minimum Gasteiger partial charge on any atom is -0.369 e. The summed E-state index contributed by atoms with van der Waals surface area (Å²) < 4.78 is 0. The van der Waals surface area contributed by atoms with Crippen molar-refractivity contribution in [2.45, 2.75) is 32.9 Å². The Kier molecular flexibility index (Phi) is 3.89. The number of carbonyl (C=O) groups excluding carboxylic acids is 1. The van der Waals surface area contributed by atoms with Gasteiger partial charge in [-0.15, -0.1) is 0 Å². The second-order valence-corrected chi connectivity index (χ2v) is 4.22. The largest absolute Gasteiger partial charge is 0.369 e. The lowest BCUT2D eigenvalue weighted by atomic mass is 10.0. The molecule has 0 aromatic carbocycles. The lowest BCUT2D eigenvalue weighted by Gasteiger charge is -2.19. The Morgan fingerprint density at radius 3 is 2.64 bits per heavy atom. The molecule has 1 amide bonds. The summed E-state index contributed by atoms with van der Waals surface area (Å²) in [4.78, 5) is 13.5. The average Bonchev–Trinajstić information content (AvgIpc) is 2.49. The predicted octanol–water partition coefficient (Wildman–Crippen LogP) is -0.210. The van der Waals surface area contributed by atoms with Gasteiger partial charge in [0.15, 0.2) is 0 Å². The number of hydrogen-bond acceptors (Lipinski definition) is 3. The summed E-state index contributed by atoms with van der Waals surface area (Å²) in [7, 11) is 0. The third-order valence-electron chi connectivity index (χ3n) is 2.91. The first kappa shape index (κ1) is 11.5. The number of likely N-dealkylation sites (tertiary alicyclic amines) is 1. The molecule has 0 aromatic rings. The van der Waals surface area contributed by atoms with Crippen LogP contribution in [0, 0.1) is 5.92 Å². The molecule has 1 aliphatic rings. The zero-order chi connectivity index (χ0) is 10.7. The summed E-state index contributed by atoms with van der Waals surface area (Å²) in [5.41, 5.74) is 5.38. The molecule has 4 heteroatoms. The van der Waals surface area contributed by atoms with Crippen molar-refractivity contribution in [1.29, 1.82) is 0 Å². The topological polar surface area (TPSA) is 58.4 Å². The number of nitrogens with two attached hydrogens (primary N) is 1. The Morgan fingerprint density at radius 2 is 2.21 bits per heavy atom. The van der Waals surface area contributed by atoms with Crippen molar-refractivity contribution in [2.24, 2.45) is 11.7 Å². The highest BCUT2D eigenvalue weighted by Gasteiger charge is 2.36. The van der Waals surface area contributed by atoms with E-state index in [4.69, 9.17) is 5.73 Å². The van der Waals surface area contributed by atoms with Crippen LogP contribution in [0.1, 0.15) is 20.8 Å². The molecule has 1 heterocycles. The summed E-state index contributed by atoms with van der Waals surface area (Å²) in [5, 5.41) is 3.32. The molecule has 14 heavy (non-hydrogen) atoms. The fraction of sp³-hybridized carbons (Fsp3) is 0.900. The van der Waals surface area contributed by atoms with Crippen molar-refractivity contribution in [3.8, 4) is 0 Å². The first-order valence-corrected chi connectivity index (χ1v) is 5.33. The van der Waals surface area contributed by atoms with Crippen molar-refractivity contribution in [3.05, 3.63) is 0 Å². The molecule has 0 saturated carbocycles. The van der Waals surface area contributed by atoms with E-state index in [0.717, 1.165) is 19.6 Å². The minimum absolute atomic E-state index is 0.0302. The van der Waals surface area contributed by atoms with Crippen LogP contribution in [0.2, 0.25) is 0 Å². The first-order valence-electron chi connectivity index (χ1n) is 5.33. The van der Waals surface area contributed by atoms with Crippen LogP contribution in [0.4, 0.5) is 0 Å². The van der Waals surface area contributed by atoms with Gasteiger partial charge in [0.1, 0.15) is 0 Å². The highest BCUT2D eigenvalue weighted by Crippen LogP contribution is 2.18. The number of amides is 1. The lowest BCUT2D eigenvalue weighted by molar-refractivity contribution is -0.121. The molecule has 2 atom stereocenters. The molecular formula is C10H21N3O. The van der Waals surface area contributed by atoms with Crippen LogP contribution in [0.3, 0.4) is 0 Å². The molecule has 0 radical (unpaired) electrons. The van der Waals surface area contributed by atoms with E-state index in [2.05, 4.69) is 31.0 Å². The number of carbonyl (C=O) groups is 1. The zero-order valence-electron chi connectivity index (χ0n) is 9.29. The Morgan fingerprint density at radius 1 is 1.57 bits per heavy atom. The number of rotatable bonds is 4. The highest BCUT2D eigenvalue weighted by molar-refractivity contribution is 5.78. The average molecular weight is 199 g/mol. The second-order valence-electron chi connectivity index (χ2n) is 4.22. The van der Waals surface area contributed by atoms with E-state index in [-0.39, 0.29) is 17.9 Å². The van der Waals surface area contributed by atoms with Gasteiger partial charge in [-0.25, -0.2) is 0 Å². The standard InChI is InChI=1S/C10H21N3O/c1-4-12-9-6-13(7(2)3)5-8(9)10(11)14/h7-9,12H,4-6H2,1-3H3,(H2,11,14). The number of primary amides is 1. The summed E-state index contributed by atoms with van der Waals surface area (Å²) in [6, 6.07) is 0.723. The molecule has 1 rings (SSSR count). The molecule has 0 bridgehead atoms. The molecule has 1 aliphatic heterocycles. The summed E-state index contributed by atoms with van der Waals surface area (Å²) in [6.45, 7) is 8.96. The second kappa shape index (κ2) is 4.75. The summed E-state index contributed by atoms with van der Waals surface area (Å²) in [5.74, 6) is -0.212. The summed E-state index contributed by atoms with van der Waals surface area (Å²) >= 11 is 0. The molecule has 0 spiro atoms. The maximum Gasteiger partial charge on any atom is 0.223 e. The molecule has 82 valence electrons. The number of nitrogens with one attached hydrogen (secondary N) is 1. The highest BCUT2D eigenvalue weighted by atomic mass is 16.1. The van der Waals surface area contributed by atoms with Gasteiger partial charge < -0.3 is 11.1 Å². The monoisotopic (exact) mass is 199 g/mol. The van der Waals surface area contributed by atoms with Gasteiger partial charge in [0.25, 0.3) is 0 Å². The van der Waals surface area contributed by atoms with E-state index in [9.17, 15) is 4.79 Å². The van der Waals surface area contributed by atoms with Crippen LogP contribution >= 0.6 is 0 Å². The molecule has 2 unspecified atom stereocenters. The fourth-order valence-electron chi connectivity index (χ4n) is 2.01. The maximum atomic E-state index is 11.2. The fourth-order valence-corrected chi connectivity index (χ4v) is 2.01. The van der Waals surface area contributed by atoms with E-state index in [0.29, 0.717) is 6.04 Å². The van der Waals surface area contributed by atoms with Gasteiger partial charge in [-0.2, -0.15) is 0 Å². The van der Waals surface area contributed by atoms with Crippen molar-refractivity contribution < 1.29 is 4.79 Å². The quantitative estimate of drug-likeness (QED) is 0.658. The Hall–Kier alpha value is -0.610. The Labute approximate surface area is 85.8 Å². The van der Waals surface area contributed by atoms with Crippen LogP contribution in [-0.2, 0) is 4.79 Å². The van der Waals surface area contributed by atoms with Gasteiger partial charge in [-0.05, 0) is 20.4 Å². The third-order valence-corrected chi connectivity index (χ3v) is 2.91. The zero-order valence-corrected chi connectivity index (χ0v) is 9.29. The van der Waals surface area contributed by atoms with Crippen LogP contribution in [-0.4, -0.2) is 42.5 Å². The smallest absolute Gasteiger partial charge is 0.223 e. The van der Waals surface area contributed by atoms with Crippen molar-refractivity contribution >= 4 is 5.91 Å². The van der Waals surface area contributed by atoms with Crippen LogP contribution < -0.4 is 11.1 Å². The van der Waals surface area contributed by atoms with E-state index >= 15 is 0 Å². The van der Waals surface area contributed by atoms with Crippen molar-refractivity contribution in [2.75, 3.05) is 19.6 Å². The van der Waals surface area contributed by atoms with Gasteiger partial charge in [0.05, 0.1) is 5.92 Å². The Balaban J connectivity index is 2.60. The maximum absolute atomic E-state index is 11.2. The van der Waals surface area contributed by atoms with Crippen molar-refractivity contribution in [1.82, 2.24) is 10.2 Å². The minimum atomic E-state index is -0.181. The lowest BCUT2D eigenvalue weighted by Crippen LogP contribution is -2.41. The van der Waals surface area contributed by atoms with Gasteiger partial charge in [-0.3, -0.25) is 9.69 Å². The normalized spacial score (nSPS) is 28.6. The van der Waals surface area contributed by atoms with E-state index in [1.807, 2.05) is 0 Å². The van der Waals surface area contributed by atoms with Gasteiger partial charge in [0, 0.05) is 25.2 Å². The van der Waals surface area contributed by atoms with E-state index < -0.39 is 0 Å². The molecule has 1 fully saturated rings. The number of hydrogen-bond donors (Lipinski definition) is 2. The van der Waals surface area contributed by atoms with Crippen LogP contribution in [0.15, 0.2) is 0 Å². The van der Waals surface area contributed by atoms with Crippen LogP contribution in [0.5, 0.6) is 0 Å². The van der Waals surface area contributed by atoms with Gasteiger partial charge >= 0.3 is 0 Å². The SMILES string of the molecule is CCNC1CN(C(C)C)CC1C(N)=O. The molecule has 0 aromatic heterocycles. The van der Waals surface area contributed by atoms with Gasteiger partial charge in [-0.1, -0.05) is 6.92 Å². The third kappa shape index (κ3) is 2.45. The van der Waals surface area contributed by atoms with Crippen LogP contribution in [0.25, 0.3) is 0 Å². The van der Waals surface area contributed by atoms with Crippen molar-refractivity contribution in [3.63, 3.8) is 0 Å². The molecule has 1 saturated heterocycles. The van der Waals surface area contributed by atoms with Gasteiger partial charge in [0.2, 0.25) is 5.91 Å². The summed E-state index contributed by atoms with van der Waals surface area (Å²) in [6.07, 6.45) is 0. The molecule has 4 nitrogen and oxygen atoms in total. The van der Waals surface area contributed by atoms with E-state index in [1.54, 1.807) is 0 Å². The molecule has 0 aliphatic carbocycles. The Bertz CT molecular complexity index is 206. The predicted molar refractivity (Wildman–Crippen MR) is 56.9 cm³/mol. The molecular weight excluding hydrogens is 178 g/mol.